The first-order valence-electron chi connectivity index (χ1n) is 9.42. The van der Waals surface area contributed by atoms with Gasteiger partial charge < -0.3 is 15.3 Å². The number of carboxylic acid groups (broad SMARTS) is 3. The minimum absolute atomic E-state index is 0.00676. The number of hydrogen-bond donors (Lipinski definition) is 3. The molecule has 1 atom stereocenters. The summed E-state index contributed by atoms with van der Waals surface area (Å²) in [5.41, 5.74) is 0. The Kier molecular flexibility index (Phi) is 10.0. The third-order valence-corrected chi connectivity index (χ3v) is 4.58. The topological polar surface area (TPSA) is 139 Å². The van der Waals surface area contributed by atoms with E-state index in [0.717, 1.165) is 0 Å². The fourth-order valence-electron chi connectivity index (χ4n) is 3.41. The lowest BCUT2D eigenvalue weighted by Crippen LogP contribution is -2.48. The third kappa shape index (κ3) is 9.77. The fraction of sp³-hybridized carbons (Fsp3) is 0.778. The van der Waals surface area contributed by atoms with Gasteiger partial charge in [0, 0.05) is 51.6 Å². The van der Waals surface area contributed by atoms with E-state index in [-0.39, 0.29) is 44.3 Å². The summed E-state index contributed by atoms with van der Waals surface area (Å²) in [5.74, 6) is -2.89. The highest BCUT2D eigenvalue weighted by molar-refractivity contribution is 5.79. The Balaban J connectivity index is 3.05. The van der Waals surface area contributed by atoms with Crippen LogP contribution in [-0.4, -0.2) is 112 Å². The van der Waals surface area contributed by atoms with Crippen LogP contribution in [0.5, 0.6) is 0 Å². The summed E-state index contributed by atoms with van der Waals surface area (Å²) in [5, 5.41) is 27.5. The van der Waals surface area contributed by atoms with Gasteiger partial charge in [-0.3, -0.25) is 33.9 Å². The van der Waals surface area contributed by atoms with Gasteiger partial charge in [-0.1, -0.05) is 13.8 Å². The van der Waals surface area contributed by atoms with Crippen LogP contribution in [0.25, 0.3) is 0 Å². The van der Waals surface area contributed by atoms with Crippen molar-refractivity contribution < 1.29 is 34.5 Å². The van der Waals surface area contributed by atoms with Gasteiger partial charge in [-0.05, 0) is 5.92 Å². The standard InChI is InChI=1S/C18H31N3O7/c1-13(2)7-15(22)8-14-9-20(11-17(25)26)4-3-19(10-16(23)24)5-6-21(14)12-18(27)28/h13-14H,3-12H2,1-2H3,(H,23,24)(H,25,26)(H,27,28). The van der Waals surface area contributed by atoms with Crippen LogP contribution in [0.3, 0.4) is 0 Å². The zero-order chi connectivity index (χ0) is 21.3. The number of carboxylic acids is 3. The number of carbonyl (C=O) groups is 4. The molecule has 0 amide bonds. The molecule has 1 unspecified atom stereocenters. The van der Waals surface area contributed by atoms with E-state index >= 15 is 0 Å². The van der Waals surface area contributed by atoms with Crippen molar-refractivity contribution in [2.45, 2.75) is 32.7 Å². The number of rotatable bonds is 10. The molecule has 1 aliphatic heterocycles. The minimum atomic E-state index is -1.05. The summed E-state index contributed by atoms with van der Waals surface area (Å²) >= 11 is 0. The van der Waals surface area contributed by atoms with Crippen LogP contribution in [0, 0.1) is 5.92 Å². The number of Topliss-reactive ketones (excluding diaryl/α,β-unsaturated/α-hetero) is 1. The Labute approximate surface area is 164 Å². The lowest BCUT2D eigenvalue weighted by atomic mass is 10.00. The Morgan fingerprint density at radius 3 is 1.86 bits per heavy atom. The molecule has 10 nitrogen and oxygen atoms in total. The van der Waals surface area contributed by atoms with Gasteiger partial charge in [0.05, 0.1) is 19.6 Å². The number of aliphatic carboxylic acids is 3. The van der Waals surface area contributed by atoms with Crippen LogP contribution in [0.1, 0.15) is 26.7 Å². The molecule has 28 heavy (non-hydrogen) atoms. The largest absolute Gasteiger partial charge is 0.480 e. The van der Waals surface area contributed by atoms with Crippen molar-refractivity contribution >= 4 is 23.7 Å². The zero-order valence-corrected chi connectivity index (χ0v) is 16.5. The van der Waals surface area contributed by atoms with Gasteiger partial charge in [0.25, 0.3) is 0 Å². The molecule has 0 aromatic rings. The second kappa shape index (κ2) is 11.7. The van der Waals surface area contributed by atoms with Crippen molar-refractivity contribution in [3.05, 3.63) is 0 Å². The molecule has 0 bridgehead atoms. The zero-order valence-electron chi connectivity index (χ0n) is 16.5. The Morgan fingerprint density at radius 2 is 1.32 bits per heavy atom. The first-order valence-corrected chi connectivity index (χ1v) is 9.42. The van der Waals surface area contributed by atoms with Crippen LogP contribution < -0.4 is 0 Å². The third-order valence-electron chi connectivity index (χ3n) is 4.58. The van der Waals surface area contributed by atoms with Crippen LogP contribution in [0.4, 0.5) is 0 Å². The van der Waals surface area contributed by atoms with Gasteiger partial charge in [-0.2, -0.15) is 0 Å². The molecule has 160 valence electrons. The molecule has 1 saturated heterocycles. The molecule has 0 aromatic carbocycles. The van der Waals surface area contributed by atoms with Gasteiger partial charge in [0.15, 0.2) is 0 Å². The molecule has 1 heterocycles. The van der Waals surface area contributed by atoms with Crippen LogP contribution in [0.2, 0.25) is 0 Å². The summed E-state index contributed by atoms with van der Waals surface area (Å²) in [6.07, 6.45) is 0.516. The number of carbonyl (C=O) groups excluding carboxylic acids is 1. The Bertz CT molecular complexity index is 567. The fourth-order valence-corrected chi connectivity index (χ4v) is 3.41. The SMILES string of the molecule is CC(C)CC(=O)CC1CN(CC(=O)O)CCN(CC(=O)O)CCN1CC(=O)O. The van der Waals surface area contributed by atoms with Gasteiger partial charge in [0.2, 0.25) is 0 Å². The number of nitrogens with zero attached hydrogens (tertiary/aromatic N) is 3. The van der Waals surface area contributed by atoms with Crippen molar-refractivity contribution in [3.8, 4) is 0 Å². The van der Waals surface area contributed by atoms with Gasteiger partial charge in [-0.25, -0.2) is 0 Å². The molecule has 1 rings (SSSR count). The second-order valence-corrected chi connectivity index (χ2v) is 7.66. The lowest BCUT2D eigenvalue weighted by Gasteiger charge is -2.33. The van der Waals surface area contributed by atoms with Crippen molar-refractivity contribution in [2.24, 2.45) is 5.92 Å². The maximum Gasteiger partial charge on any atom is 0.317 e. The molecular weight excluding hydrogens is 370 g/mol. The normalized spacial score (nSPS) is 20.3. The monoisotopic (exact) mass is 401 g/mol. The highest BCUT2D eigenvalue weighted by Gasteiger charge is 2.29. The molecule has 10 heteroatoms. The van der Waals surface area contributed by atoms with E-state index in [1.165, 1.54) is 0 Å². The first kappa shape index (κ1) is 24.0. The van der Waals surface area contributed by atoms with Crippen LogP contribution >= 0.6 is 0 Å². The Hall–Kier alpha value is -2.04. The summed E-state index contributed by atoms with van der Waals surface area (Å²) in [6, 6.07) is -0.438. The molecule has 3 N–H and O–H groups in total. The highest BCUT2D eigenvalue weighted by Crippen LogP contribution is 2.14. The van der Waals surface area contributed by atoms with Crippen molar-refractivity contribution in [1.82, 2.24) is 14.7 Å². The van der Waals surface area contributed by atoms with Crippen LogP contribution in [0.15, 0.2) is 0 Å². The predicted molar refractivity (Wildman–Crippen MR) is 100 cm³/mol. The van der Waals surface area contributed by atoms with E-state index in [1.807, 2.05) is 13.8 Å². The quantitative estimate of drug-likeness (QED) is 0.440. The smallest absolute Gasteiger partial charge is 0.317 e. The van der Waals surface area contributed by atoms with E-state index in [0.29, 0.717) is 32.6 Å². The van der Waals surface area contributed by atoms with E-state index in [1.54, 1.807) is 14.7 Å². The summed E-state index contributed by atoms with van der Waals surface area (Å²) < 4.78 is 0. The second-order valence-electron chi connectivity index (χ2n) is 7.66. The molecule has 0 radical (unpaired) electrons. The maximum atomic E-state index is 12.4. The summed E-state index contributed by atoms with van der Waals surface area (Å²) in [6.45, 7) is 4.65. The van der Waals surface area contributed by atoms with E-state index < -0.39 is 23.9 Å². The summed E-state index contributed by atoms with van der Waals surface area (Å²) in [4.78, 5) is 51.0. The van der Waals surface area contributed by atoms with E-state index in [9.17, 15) is 29.4 Å². The molecule has 0 spiro atoms. The molecular formula is C18H31N3O7. The van der Waals surface area contributed by atoms with Crippen molar-refractivity contribution in [3.63, 3.8) is 0 Å². The molecule has 0 aliphatic carbocycles. The minimum Gasteiger partial charge on any atom is -0.480 e. The van der Waals surface area contributed by atoms with Gasteiger partial charge in [0.1, 0.15) is 5.78 Å². The lowest BCUT2D eigenvalue weighted by molar-refractivity contribution is -0.141. The molecule has 0 saturated carbocycles. The average Bonchev–Trinajstić information content (AvgIpc) is 2.58. The number of hydrogen-bond acceptors (Lipinski definition) is 7. The van der Waals surface area contributed by atoms with Gasteiger partial charge >= 0.3 is 17.9 Å². The summed E-state index contributed by atoms with van der Waals surface area (Å²) in [7, 11) is 0. The predicted octanol–water partition coefficient (Wildman–Crippen LogP) is -0.466. The number of ketones is 1. The van der Waals surface area contributed by atoms with Crippen LogP contribution in [-0.2, 0) is 19.2 Å². The van der Waals surface area contributed by atoms with Gasteiger partial charge in [-0.15, -0.1) is 0 Å². The van der Waals surface area contributed by atoms with E-state index in [4.69, 9.17) is 5.11 Å². The average molecular weight is 401 g/mol. The van der Waals surface area contributed by atoms with Crippen molar-refractivity contribution in [1.29, 1.82) is 0 Å². The van der Waals surface area contributed by atoms with E-state index in [2.05, 4.69) is 0 Å². The highest BCUT2D eigenvalue weighted by atomic mass is 16.4. The molecule has 0 aromatic heterocycles. The molecule has 1 aliphatic rings. The Morgan fingerprint density at radius 1 is 0.821 bits per heavy atom. The maximum absolute atomic E-state index is 12.4. The first-order chi connectivity index (χ1) is 13.1. The molecule has 1 fully saturated rings. The van der Waals surface area contributed by atoms with Crippen molar-refractivity contribution in [2.75, 3.05) is 52.4 Å².